The Hall–Kier alpha value is -1.06. The molecule has 0 aromatic heterocycles. The summed E-state index contributed by atoms with van der Waals surface area (Å²) in [4.78, 5) is 22.9. The van der Waals surface area contributed by atoms with Crippen molar-refractivity contribution in [2.45, 2.75) is 17.7 Å². The van der Waals surface area contributed by atoms with Gasteiger partial charge in [-0.05, 0) is 25.5 Å². The van der Waals surface area contributed by atoms with E-state index in [1.54, 1.807) is 24.3 Å². The minimum Gasteiger partial charge on any atom is -0.326 e. The number of nitrogens with one attached hydrogen (secondary N) is 1. The van der Waals surface area contributed by atoms with Crippen LogP contribution in [0.1, 0.15) is 23.7 Å². The minimum atomic E-state index is -0.928. The van der Waals surface area contributed by atoms with Crippen molar-refractivity contribution in [3.05, 3.63) is 29.8 Å². The molecule has 0 spiro atoms. The maximum absolute atomic E-state index is 11.7. The predicted molar refractivity (Wildman–Crippen MR) is 67.6 cm³/mol. The van der Waals surface area contributed by atoms with E-state index < -0.39 is 4.33 Å². The first-order chi connectivity index (χ1) is 7.90. The van der Waals surface area contributed by atoms with Gasteiger partial charge >= 0.3 is 0 Å². The number of ketones is 1. The molecular weight excluding hydrogens is 261 g/mol. The molecule has 1 aliphatic carbocycles. The van der Waals surface area contributed by atoms with Crippen LogP contribution in [0.15, 0.2) is 24.3 Å². The molecular formula is C12H11Cl2NO2. The normalized spacial score (nSPS) is 20.8. The molecule has 1 unspecified atom stereocenters. The molecule has 0 heterocycles. The molecule has 1 aromatic carbocycles. The lowest BCUT2D eigenvalue weighted by molar-refractivity contribution is -0.117. The summed E-state index contributed by atoms with van der Waals surface area (Å²) in [6, 6.07) is 6.76. The zero-order valence-electron chi connectivity index (χ0n) is 9.17. The first-order valence-electron chi connectivity index (χ1n) is 5.20. The van der Waals surface area contributed by atoms with Gasteiger partial charge in [-0.2, -0.15) is 0 Å². The number of carbonyl (C=O) groups is 2. The smallest absolute Gasteiger partial charge is 0.230 e. The highest BCUT2D eigenvalue weighted by Crippen LogP contribution is 2.53. The van der Waals surface area contributed by atoms with Crippen LogP contribution in [-0.4, -0.2) is 16.0 Å². The van der Waals surface area contributed by atoms with Crippen molar-refractivity contribution in [1.29, 1.82) is 0 Å². The fourth-order valence-electron chi connectivity index (χ4n) is 1.54. The van der Waals surface area contributed by atoms with Crippen LogP contribution in [0.2, 0.25) is 0 Å². The number of hydrogen-bond donors (Lipinski definition) is 1. The molecule has 1 atom stereocenters. The number of alkyl halides is 2. The summed E-state index contributed by atoms with van der Waals surface area (Å²) in [7, 11) is 0. The van der Waals surface area contributed by atoms with Crippen LogP contribution in [0, 0.1) is 5.92 Å². The van der Waals surface area contributed by atoms with Crippen molar-refractivity contribution in [2.24, 2.45) is 5.92 Å². The molecule has 17 heavy (non-hydrogen) atoms. The van der Waals surface area contributed by atoms with Crippen molar-refractivity contribution in [2.75, 3.05) is 5.32 Å². The van der Waals surface area contributed by atoms with Crippen LogP contribution < -0.4 is 5.32 Å². The van der Waals surface area contributed by atoms with Crippen LogP contribution in [0.3, 0.4) is 0 Å². The number of anilines is 1. The zero-order chi connectivity index (χ0) is 12.6. The molecule has 1 amide bonds. The van der Waals surface area contributed by atoms with E-state index in [2.05, 4.69) is 5.32 Å². The summed E-state index contributed by atoms with van der Waals surface area (Å²) >= 11 is 11.6. The van der Waals surface area contributed by atoms with E-state index in [1.807, 2.05) is 0 Å². The summed E-state index contributed by atoms with van der Waals surface area (Å²) in [5, 5.41) is 2.69. The highest BCUT2D eigenvalue weighted by molar-refractivity contribution is 6.52. The van der Waals surface area contributed by atoms with E-state index in [4.69, 9.17) is 23.2 Å². The van der Waals surface area contributed by atoms with Crippen LogP contribution in [0.25, 0.3) is 0 Å². The Kier molecular flexibility index (Phi) is 3.15. The Labute approximate surface area is 109 Å². The van der Waals surface area contributed by atoms with E-state index in [9.17, 15) is 9.59 Å². The first kappa shape index (κ1) is 12.4. The number of amides is 1. The molecule has 5 heteroatoms. The summed E-state index contributed by atoms with van der Waals surface area (Å²) in [6.45, 7) is 1.48. The second-order valence-electron chi connectivity index (χ2n) is 4.14. The fourth-order valence-corrected chi connectivity index (χ4v) is 2.05. The Morgan fingerprint density at radius 3 is 2.59 bits per heavy atom. The molecule has 0 radical (unpaired) electrons. The summed E-state index contributed by atoms with van der Waals surface area (Å²) in [5.74, 6) is -0.626. The largest absolute Gasteiger partial charge is 0.326 e. The summed E-state index contributed by atoms with van der Waals surface area (Å²) in [5.41, 5.74) is 1.14. The van der Waals surface area contributed by atoms with Crippen molar-refractivity contribution in [1.82, 2.24) is 0 Å². The monoisotopic (exact) mass is 271 g/mol. The van der Waals surface area contributed by atoms with E-state index in [1.165, 1.54) is 6.92 Å². The fraction of sp³-hybridized carbons (Fsp3) is 0.333. The van der Waals surface area contributed by atoms with Crippen molar-refractivity contribution >= 4 is 40.6 Å². The number of Topliss-reactive ketones (excluding diaryl/α,β-unsaturated/α-hetero) is 1. The van der Waals surface area contributed by atoms with Gasteiger partial charge in [0.05, 0.1) is 5.92 Å². The van der Waals surface area contributed by atoms with Gasteiger partial charge in [-0.15, -0.1) is 23.2 Å². The van der Waals surface area contributed by atoms with Gasteiger partial charge in [-0.25, -0.2) is 0 Å². The van der Waals surface area contributed by atoms with Crippen molar-refractivity contribution in [3.8, 4) is 0 Å². The number of benzene rings is 1. The molecule has 1 aromatic rings. The molecule has 1 fully saturated rings. The third kappa shape index (κ3) is 2.79. The average molecular weight is 272 g/mol. The van der Waals surface area contributed by atoms with Gasteiger partial charge in [-0.3, -0.25) is 9.59 Å². The molecule has 1 N–H and O–H groups in total. The van der Waals surface area contributed by atoms with Crippen molar-refractivity contribution in [3.63, 3.8) is 0 Å². The Balaban J connectivity index is 2.07. The summed E-state index contributed by atoms with van der Waals surface area (Å²) in [6.07, 6.45) is 0.467. The van der Waals surface area contributed by atoms with Gasteiger partial charge < -0.3 is 5.32 Å². The third-order valence-electron chi connectivity index (χ3n) is 2.68. The summed E-state index contributed by atoms with van der Waals surface area (Å²) < 4.78 is -0.928. The third-order valence-corrected chi connectivity index (χ3v) is 3.51. The van der Waals surface area contributed by atoms with E-state index in [0.717, 1.165) is 0 Å². The van der Waals surface area contributed by atoms with Gasteiger partial charge in [0.15, 0.2) is 5.78 Å². The van der Waals surface area contributed by atoms with E-state index in [0.29, 0.717) is 17.7 Å². The van der Waals surface area contributed by atoms with Crippen LogP contribution >= 0.6 is 23.2 Å². The molecule has 3 nitrogen and oxygen atoms in total. The zero-order valence-corrected chi connectivity index (χ0v) is 10.7. The molecule has 1 saturated carbocycles. The number of halogens is 2. The lowest BCUT2D eigenvalue weighted by atomic mass is 10.1. The van der Waals surface area contributed by atoms with Gasteiger partial charge in [-0.1, -0.05) is 12.1 Å². The number of carbonyl (C=O) groups excluding carboxylic acids is 2. The van der Waals surface area contributed by atoms with Gasteiger partial charge in [0.2, 0.25) is 5.91 Å². The number of rotatable bonds is 3. The lowest BCUT2D eigenvalue weighted by Crippen LogP contribution is -2.17. The highest BCUT2D eigenvalue weighted by atomic mass is 35.5. The Morgan fingerprint density at radius 2 is 2.06 bits per heavy atom. The van der Waals surface area contributed by atoms with Gasteiger partial charge in [0.25, 0.3) is 0 Å². The van der Waals surface area contributed by atoms with Gasteiger partial charge in [0, 0.05) is 11.3 Å². The SMILES string of the molecule is CC(=O)c1cccc(NC(=O)C2CC2(Cl)Cl)c1. The quantitative estimate of drug-likeness (QED) is 0.679. The second kappa shape index (κ2) is 4.31. The molecule has 90 valence electrons. The molecule has 0 aliphatic heterocycles. The minimum absolute atomic E-state index is 0.0449. The molecule has 2 rings (SSSR count). The average Bonchev–Trinajstić information content (AvgIpc) is 2.88. The first-order valence-corrected chi connectivity index (χ1v) is 5.95. The van der Waals surface area contributed by atoms with E-state index in [-0.39, 0.29) is 17.6 Å². The topological polar surface area (TPSA) is 46.2 Å². The predicted octanol–water partition coefficient (Wildman–Crippen LogP) is 3.02. The lowest BCUT2D eigenvalue weighted by Gasteiger charge is -2.06. The maximum atomic E-state index is 11.7. The van der Waals surface area contributed by atoms with E-state index >= 15 is 0 Å². The second-order valence-corrected chi connectivity index (χ2v) is 5.69. The standard InChI is InChI=1S/C12H11Cl2NO2/c1-7(16)8-3-2-4-9(5-8)15-11(17)10-6-12(10,13)14/h2-5,10H,6H2,1H3,(H,15,17). The van der Waals surface area contributed by atoms with Gasteiger partial charge in [0.1, 0.15) is 4.33 Å². The van der Waals surface area contributed by atoms with Crippen molar-refractivity contribution < 1.29 is 9.59 Å². The Bertz CT molecular complexity index is 485. The Morgan fingerprint density at radius 1 is 1.41 bits per heavy atom. The molecule has 0 saturated heterocycles. The van der Waals surface area contributed by atoms with Crippen LogP contribution in [0.4, 0.5) is 5.69 Å². The van der Waals surface area contributed by atoms with Crippen LogP contribution in [0.5, 0.6) is 0 Å². The molecule has 1 aliphatic rings. The number of hydrogen-bond acceptors (Lipinski definition) is 2. The highest BCUT2D eigenvalue weighted by Gasteiger charge is 2.56. The molecule has 0 bridgehead atoms. The maximum Gasteiger partial charge on any atom is 0.230 e. The van der Waals surface area contributed by atoms with Crippen LogP contribution in [-0.2, 0) is 4.79 Å².